The largest absolute Gasteiger partial charge is 0.328 e. The molecular weight excluding hydrogens is 148 g/mol. The van der Waals surface area contributed by atoms with Crippen LogP contribution in [0.25, 0.3) is 0 Å². The number of hydrogen-bond donors (Lipinski definition) is 0. The first-order chi connectivity index (χ1) is 5.48. The Balaban J connectivity index is 3.46. The molecule has 0 unspecified atom stereocenters. The quantitative estimate of drug-likeness (QED) is 0.545. The Morgan fingerprint density at radius 2 is 1.75 bits per heavy atom. The molecule has 73 valence electrons. The van der Waals surface area contributed by atoms with Gasteiger partial charge in [0.1, 0.15) is 0 Å². The minimum Gasteiger partial charge on any atom is -0.328 e. The van der Waals surface area contributed by atoms with Crippen LogP contribution < -0.4 is 0 Å². The molecule has 0 spiro atoms. The zero-order valence-electron chi connectivity index (χ0n) is 9.14. The molecule has 2 heteroatoms. The molecule has 0 saturated carbocycles. The molecule has 0 aromatic rings. The highest BCUT2D eigenvalue weighted by molar-refractivity contribution is 4.45. The van der Waals surface area contributed by atoms with Gasteiger partial charge in [-0.2, -0.15) is 0 Å². The van der Waals surface area contributed by atoms with Crippen molar-refractivity contribution in [1.29, 1.82) is 0 Å². The standard InChI is InChI=1S/C10H24N2/c1-6-9-12(4,5)10-7-8-11(2)3/h1,6-10H2,2-5H3/q+1. The smallest absolute Gasteiger partial charge is 0.0794 e. The fourth-order valence-electron chi connectivity index (χ4n) is 1.35. The van der Waals surface area contributed by atoms with Gasteiger partial charge in [0.2, 0.25) is 0 Å². The van der Waals surface area contributed by atoms with Gasteiger partial charge in [-0.15, -0.1) is 0 Å². The zero-order chi connectivity index (χ0) is 9.61. The van der Waals surface area contributed by atoms with Gasteiger partial charge in [-0.05, 0) is 27.4 Å². The molecule has 1 radical (unpaired) electrons. The van der Waals surface area contributed by atoms with Crippen LogP contribution in [0.2, 0.25) is 0 Å². The second-order valence-corrected chi connectivity index (χ2v) is 4.39. The van der Waals surface area contributed by atoms with Gasteiger partial charge in [0.15, 0.2) is 0 Å². The van der Waals surface area contributed by atoms with Gasteiger partial charge in [0.25, 0.3) is 0 Å². The topological polar surface area (TPSA) is 3.24 Å². The average molecular weight is 172 g/mol. The molecule has 0 aliphatic carbocycles. The van der Waals surface area contributed by atoms with Crippen molar-refractivity contribution in [3.05, 3.63) is 6.92 Å². The molecule has 0 aliphatic heterocycles. The predicted molar refractivity (Wildman–Crippen MR) is 55.0 cm³/mol. The van der Waals surface area contributed by atoms with E-state index >= 15 is 0 Å². The zero-order valence-corrected chi connectivity index (χ0v) is 9.14. The summed E-state index contributed by atoms with van der Waals surface area (Å²) in [5.41, 5.74) is 0. The van der Waals surface area contributed by atoms with Crippen LogP contribution in [0.4, 0.5) is 0 Å². The maximum Gasteiger partial charge on any atom is 0.0794 e. The lowest BCUT2D eigenvalue weighted by Crippen LogP contribution is -2.41. The Bertz CT molecular complexity index is 108. The second-order valence-electron chi connectivity index (χ2n) is 4.39. The van der Waals surface area contributed by atoms with E-state index in [1.807, 2.05) is 0 Å². The highest BCUT2D eigenvalue weighted by Crippen LogP contribution is 2.00. The monoisotopic (exact) mass is 172 g/mol. The van der Waals surface area contributed by atoms with E-state index in [9.17, 15) is 0 Å². The summed E-state index contributed by atoms with van der Waals surface area (Å²) in [7, 11) is 8.81. The lowest BCUT2D eigenvalue weighted by atomic mass is 10.3. The van der Waals surface area contributed by atoms with Crippen molar-refractivity contribution in [2.75, 3.05) is 47.8 Å². The van der Waals surface area contributed by atoms with Crippen molar-refractivity contribution in [1.82, 2.24) is 4.90 Å². The van der Waals surface area contributed by atoms with Gasteiger partial charge in [-0.1, -0.05) is 0 Å². The molecule has 0 aromatic carbocycles. The third-order valence-corrected chi connectivity index (χ3v) is 2.13. The summed E-state index contributed by atoms with van der Waals surface area (Å²) in [4.78, 5) is 2.24. The van der Waals surface area contributed by atoms with Crippen LogP contribution in [0.15, 0.2) is 0 Å². The Morgan fingerprint density at radius 1 is 1.17 bits per heavy atom. The van der Waals surface area contributed by atoms with E-state index in [0.29, 0.717) is 0 Å². The second kappa shape index (κ2) is 5.55. The van der Waals surface area contributed by atoms with Crippen molar-refractivity contribution >= 4 is 0 Å². The summed E-state index contributed by atoms with van der Waals surface area (Å²) in [6.07, 6.45) is 2.31. The molecule has 0 bridgehead atoms. The molecule has 0 amide bonds. The van der Waals surface area contributed by atoms with Crippen molar-refractivity contribution in [2.24, 2.45) is 0 Å². The van der Waals surface area contributed by atoms with Gasteiger partial charge in [0.05, 0.1) is 27.2 Å². The van der Waals surface area contributed by atoms with Gasteiger partial charge >= 0.3 is 0 Å². The molecule has 0 saturated heterocycles. The molecule has 0 fully saturated rings. The summed E-state index contributed by atoms with van der Waals surface area (Å²) in [6, 6.07) is 0. The summed E-state index contributed by atoms with van der Waals surface area (Å²) in [5, 5.41) is 0. The summed E-state index contributed by atoms with van der Waals surface area (Å²) in [5.74, 6) is 0. The fourth-order valence-corrected chi connectivity index (χ4v) is 1.35. The van der Waals surface area contributed by atoms with Crippen LogP contribution >= 0.6 is 0 Å². The van der Waals surface area contributed by atoms with E-state index in [1.54, 1.807) is 0 Å². The van der Waals surface area contributed by atoms with Crippen LogP contribution in [0.3, 0.4) is 0 Å². The van der Waals surface area contributed by atoms with Crippen molar-refractivity contribution in [3.63, 3.8) is 0 Å². The lowest BCUT2D eigenvalue weighted by Gasteiger charge is -2.29. The maximum atomic E-state index is 3.89. The molecular formula is C10H24N2+. The lowest BCUT2D eigenvalue weighted by molar-refractivity contribution is -0.890. The summed E-state index contributed by atoms with van der Waals surface area (Å²) in [6.45, 7) is 7.53. The van der Waals surface area contributed by atoms with Crippen LogP contribution in [-0.2, 0) is 0 Å². The van der Waals surface area contributed by atoms with E-state index in [-0.39, 0.29) is 0 Å². The van der Waals surface area contributed by atoms with E-state index < -0.39 is 0 Å². The molecule has 0 rings (SSSR count). The average Bonchev–Trinajstić information content (AvgIpc) is 1.85. The van der Waals surface area contributed by atoms with E-state index in [1.165, 1.54) is 26.1 Å². The molecule has 0 N–H and O–H groups in total. The highest BCUT2D eigenvalue weighted by Gasteiger charge is 2.12. The summed E-state index contributed by atoms with van der Waals surface area (Å²) < 4.78 is 1.11. The van der Waals surface area contributed by atoms with Gasteiger partial charge in [0, 0.05) is 13.0 Å². The minimum atomic E-state index is 1.04. The maximum absolute atomic E-state index is 3.89. The number of nitrogens with zero attached hydrogens (tertiary/aromatic N) is 2. The van der Waals surface area contributed by atoms with Crippen LogP contribution in [0.5, 0.6) is 0 Å². The van der Waals surface area contributed by atoms with E-state index in [4.69, 9.17) is 0 Å². The van der Waals surface area contributed by atoms with Gasteiger partial charge in [-0.25, -0.2) is 0 Å². The molecule has 2 nitrogen and oxygen atoms in total. The summed E-state index contributed by atoms with van der Waals surface area (Å²) >= 11 is 0. The first-order valence-electron chi connectivity index (χ1n) is 4.74. The van der Waals surface area contributed by atoms with E-state index in [0.717, 1.165) is 10.9 Å². The fraction of sp³-hybridized carbons (Fsp3) is 0.900. The Morgan fingerprint density at radius 3 is 2.17 bits per heavy atom. The number of quaternary nitrogens is 1. The third kappa shape index (κ3) is 6.62. The molecule has 0 aromatic heterocycles. The van der Waals surface area contributed by atoms with E-state index in [2.05, 4.69) is 40.0 Å². The Hall–Kier alpha value is -0.0800. The molecule has 12 heavy (non-hydrogen) atoms. The molecule has 0 atom stereocenters. The third-order valence-electron chi connectivity index (χ3n) is 2.13. The number of hydrogen-bond acceptors (Lipinski definition) is 1. The minimum absolute atomic E-state index is 1.04. The van der Waals surface area contributed by atoms with Crippen molar-refractivity contribution in [3.8, 4) is 0 Å². The van der Waals surface area contributed by atoms with Crippen molar-refractivity contribution < 1.29 is 4.48 Å². The van der Waals surface area contributed by atoms with Crippen LogP contribution in [0.1, 0.15) is 12.8 Å². The Labute approximate surface area is 77.8 Å². The SMILES string of the molecule is [CH2]CC[N+](C)(C)CCCN(C)C. The molecule has 0 aliphatic rings. The normalized spacial score (nSPS) is 12.5. The van der Waals surface area contributed by atoms with Crippen molar-refractivity contribution in [2.45, 2.75) is 12.8 Å². The highest BCUT2D eigenvalue weighted by atomic mass is 15.3. The molecule has 0 heterocycles. The van der Waals surface area contributed by atoms with Crippen LogP contribution in [0, 0.1) is 6.92 Å². The number of rotatable bonds is 6. The van der Waals surface area contributed by atoms with Gasteiger partial charge in [-0.3, -0.25) is 0 Å². The predicted octanol–water partition coefficient (Wildman–Crippen LogP) is 1.24. The van der Waals surface area contributed by atoms with Crippen LogP contribution in [-0.4, -0.2) is 57.2 Å². The first-order valence-corrected chi connectivity index (χ1v) is 4.74. The Kier molecular flexibility index (Phi) is 5.51. The van der Waals surface area contributed by atoms with Gasteiger partial charge < -0.3 is 9.38 Å². The first kappa shape index (κ1) is 11.9.